The van der Waals surface area contributed by atoms with E-state index < -0.39 is 17.4 Å². The Hall–Kier alpha value is -1.44. The fraction of sp³-hybridized carbons (Fsp3) is 0.429. The molecule has 1 aliphatic heterocycles. The standard InChI is InChI=1S/C21H26F2N2O2.2ClH/c1-14(13-26)25-20(15-9-11-24-12-10-15)17-7-8-18(22)21(19(17)23)27-16-5-3-2-4-6-16;;/h2-8,14-15,20,24-26H,9-13H2,1H3;2*1H. The SMILES string of the molecule is CC(CO)NC(c1ccc(F)c(Oc2ccccc2)c1F)C1CCNCC1.Cl.Cl. The van der Waals surface area contributed by atoms with Crippen molar-refractivity contribution in [2.45, 2.75) is 31.8 Å². The van der Waals surface area contributed by atoms with Gasteiger partial charge in [0, 0.05) is 17.6 Å². The van der Waals surface area contributed by atoms with Gasteiger partial charge in [0.1, 0.15) is 5.75 Å². The minimum Gasteiger partial charge on any atom is -0.451 e. The number of nitrogens with one attached hydrogen (secondary N) is 2. The van der Waals surface area contributed by atoms with Crippen LogP contribution in [0.15, 0.2) is 42.5 Å². The normalized spacial score (nSPS) is 16.3. The average molecular weight is 449 g/mol. The molecule has 2 aromatic rings. The van der Waals surface area contributed by atoms with E-state index in [1.54, 1.807) is 24.3 Å². The summed E-state index contributed by atoms with van der Waals surface area (Å²) in [4.78, 5) is 0. The number of halogens is 4. The number of aliphatic hydroxyl groups excluding tert-OH is 1. The summed E-state index contributed by atoms with van der Waals surface area (Å²) in [7, 11) is 0. The highest BCUT2D eigenvalue weighted by Crippen LogP contribution is 2.36. The average Bonchev–Trinajstić information content (AvgIpc) is 2.71. The van der Waals surface area contributed by atoms with Gasteiger partial charge in [0.2, 0.25) is 0 Å². The first-order valence-electron chi connectivity index (χ1n) is 9.38. The molecule has 1 fully saturated rings. The minimum atomic E-state index is -0.737. The van der Waals surface area contributed by atoms with E-state index in [1.807, 2.05) is 13.0 Å². The van der Waals surface area contributed by atoms with Crippen LogP contribution in [0.25, 0.3) is 0 Å². The monoisotopic (exact) mass is 448 g/mol. The topological polar surface area (TPSA) is 53.5 Å². The van der Waals surface area contributed by atoms with Crippen molar-refractivity contribution in [3.63, 3.8) is 0 Å². The van der Waals surface area contributed by atoms with E-state index in [0.29, 0.717) is 11.3 Å². The van der Waals surface area contributed by atoms with Gasteiger partial charge in [-0.1, -0.05) is 24.3 Å². The van der Waals surface area contributed by atoms with E-state index in [4.69, 9.17) is 4.74 Å². The maximum Gasteiger partial charge on any atom is 0.198 e. The molecule has 0 radical (unpaired) electrons. The van der Waals surface area contributed by atoms with E-state index >= 15 is 4.39 Å². The number of rotatable bonds is 7. The van der Waals surface area contributed by atoms with Crippen molar-refractivity contribution in [2.24, 2.45) is 5.92 Å². The molecule has 0 aromatic heterocycles. The molecule has 0 amide bonds. The molecule has 4 nitrogen and oxygen atoms in total. The molecule has 0 saturated carbocycles. The van der Waals surface area contributed by atoms with Crippen LogP contribution in [-0.2, 0) is 0 Å². The van der Waals surface area contributed by atoms with Crippen molar-refractivity contribution in [1.29, 1.82) is 0 Å². The molecular weight excluding hydrogens is 421 g/mol. The van der Waals surface area contributed by atoms with Gasteiger partial charge in [-0.05, 0) is 57.0 Å². The lowest BCUT2D eigenvalue weighted by Crippen LogP contribution is -2.41. The van der Waals surface area contributed by atoms with E-state index in [-0.39, 0.29) is 49.4 Å². The second kappa shape index (κ2) is 12.3. The van der Waals surface area contributed by atoms with Crippen LogP contribution in [0.1, 0.15) is 31.4 Å². The number of piperidine rings is 1. The Kier molecular flexibility index (Phi) is 10.9. The molecule has 2 aromatic carbocycles. The Morgan fingerprint density at radius 2 is 1.76 bits per heavy atom. The van der Waals surface area contributed by atoms with E-state index in [9.17, 15) is 9.50 Å². The first kappa shape index (κ1) is 25.6. The van der Waals surface area contributed by atoms with Crippen molar-refractivity contribution in [1.82, 2.24) is 10.6 Å². The highest BCUT2D eigenvalue weighted by molar-refractivity contribution is 5.85. The lowest BCUT2D eigenvalue weighted by molar-refractivity contribution is 0.205. The molecule has 8 heteroatoms. The van der Waals surface area contributed by atoms with Crippen LogP contribution >= 0.6 is 24.8 Å². The van der Waals surface area contributed by atoms with Gasteiger partial charge in [0.25, 0.3) is 0 Å². The molecule has 162 valence electrons. The number of hydrogen-bond donors (Lipinski definition) is 3. The van der Waals surface area contributed by atoms with Crippen LogP contribution in [0.4, 0.5) is 8.78 Å². The Labute approximate surface area is 182 Å². The zero-order valence-corrected chi connectivity index (χ0v) is 17.9. The largest absolute Gasteiger partial charge is 0.451 e. The molecule has 2 unspecified atom stereocenters. The molecule has 0 aliphatic carbocycles. The van der Waals surface area contributed by atoms with Gasteiger partial charge in [0.05, 0.1) is 6.61 Å². The van der Waals surface area contributed by atoms with Crippen molar-refractivity contribution in [2.75, 3.05) is 19.7 Å². The first-order chi connectivity index (χ1) is 13.1. The quantitative estimate of drug-likeness (QED) is 0.578. The fourth-order valence-corrected chi connectivity index (χ4v) is 3.50. The number of aliphatic hydroxyl groups is 1. The molecule has 0 bridgehead atoms. The summed E-state index contributed by atoms with van der Waals surface area (Å²) in [6.45, 7) is 3.49. The molecule has 0 spiro atoms. The summed E-state index contributed by atoms with van der Waals surface area (Å²) in [6, 6.07) is 10.8. The summed E-state index contributed by atoms with van der Waals surface area (Å²) in [5, 5.41) is 16.0. The second-order valence-electron chi connectivity index (χ2n) is 7.01. The Bertz CT molecular complexity index is 747. The molecule has 1 saturated heterocycles. The van der Waals surface area contributed by atoms with Crippen molar-refractivity contribution >= 4 is 24.8 Å². The van der Waals surface area contributed by atoms with Crippen LogP contribution in [0.2, 0.25) is 0 Å². The van der Waals surface area contributed by atoms with E-state index in [0.717, 1.165) is 25.9 Å². The van der Waals surface area contributed by atoms with Crippen molar-refractivity contribution in [3.05, 3.63) is 59.7 Å². The van der Waals surface area contributed by atoms with Gasteiger partial charge >= 0.3 is 0 Å². The molecule has 29 heavy (non-hydrogen) atoms. The molecular formula is C21H28Cl2F2N2O2. The van der Waals surface area contributed by atoms with Crippen LogP contribution < -0.4 is 15.4 Å². The Morgan fingerprint density at radius 1 is 1.10 bits per heavy atom. The summed E-state index contributed by atoms with van der Waals surface area (Å²) in [6.07, 6.45) is 1.75. The third kappa shape index (κ3) is 6.52. The molecule has 3 rings (SSSR count). The zero-order valence-electron chi connectivity index (χ0n) is 16.2. The Morgan fingerprint density at radius 3 is 2.38 bits per heavy atom. The highest BCUT2D eigenvalue weighted by Gasteiger charge is 2.30. The maximum absolute atomic E-state index is 15.3. The Balaban J connectivity index is 0.00000210. The smallest absolute Gasteiger partial charge is 0.198 e. The molecule has 3 N–H and O–H groups in total. The predicted octanol–water partition coefficient (Wildman–Crippen LogP) is 4.61. The van der Waals surface area contributed by atoms with Gasteiger partial charge < -0.3 is 20.5 Å². The fourth-order valence-electron chi connectivity index (χ4n) is 3.50. The zero-order chi connectivity index (χ0) is 19.2. The van der Waals surface area contributed by atoms with Gasteiger partial charge in [-0.2, -0.15) is 0 Å². The summed E-state index contributed by atoms with van der Waals surface area (Å²) in [5.41, 5.74) is 0.370. The summed E-state index contributed by atoms with van der Waals surface area (Å²) < 4.78 is 35.1. The van der Waals surface area contributed by atoms with Crippen LogP contribution in [0, 0.1) is 17.6 Å². The number of benzene rings is 2. The van der Waals surface area contributed by atoms with Gasteiger partial charge in [0.15, 0.2) is 17.4 Å². The molecule has 1 heterocycles. The van der Waals surface area contributed by atoms with E-state index in [2.05, 4.69) is 10.6 Å². The van der Waals surface area contributed by atoms with Crippen LogP contribution in [-0.4, -0.2) is 30.8 Å². The lowest BCUT2D eigenvalue weighted by Gasteiger charge is -2.34. The van der Waals surface area contributed by atoms with Crippen molar-refractivity contribution < 1.29 is 18.6 Å². The highest BCUT2D eigenvalue weighted by atomic mass is 35.5. The van der Waals surface area contributed by atoms with Crippen molar-refractivity contribution in [3.8, 4) is 11.5 Å². The first-order valence-corrected chi connectivity index (χ1v) is 9.38. The minimum absolute atomic E-state index is 0. The van der Waals surface area contributed by atoms with Crippen LogP contribution in [0.5, 0.6) is 11.5 Å². The lowest BCUT2D eigenvalue weighted by atomic mass is 9.85. The number of para-hydroxylation sites is 1. The molecule has 2 atom stereocenters. The summed E-state index contributed by atoms with van der Waals surface area (Å²) in [5.74, 6) is -1.26. The second-order valence-corrected chi connectivity index (χ2v) is 7.01. The third-order valence-corrected chi connectivity index (χ3v) is 4.97. The predicted molar refractivity (Wildman–Crippen MR) is 115 cm³/mol. The maximum atomic E-state index is 15.3. The number of hydrogen-bond acceptors (Lipinski definition) is 4. The third-order valence-electron chi connectivity index (χ3n) is 4.97. The van der Waals surface area contributed by atoms with Gasteiger partial charge in [-0.25, -0.2) is 8.78 Å². The van der Waals surface area contributed by atoms with Gasteiger partial charge in [-0.3, -0.25) is 0 Å². The van der Waals surface area contributed by atoms with Crippen LogP contribution in [0.3, 0.4) is 0 Å². The van der Waals surface area contributed by atoms with E-state index in [1.165, 1.54) is 12.1 Å². The molecule has 1 aliphatic rings. The number of ether oxygens (including phenoxy) is 1. The summed E-state index contributed by atoms with van der Waals surface area (Å²) >= 11 is 0. The van der Waals surface area contributed by atoms with Gasteiger partial charge in [-0.15, -0.1) is 24.8 Å².